The van der Waals surface area contributed by atoms with Gasteiger partial charge in [0.2, 0.25) is 0 Å². The molecule has 0 radical (unpaired) electrons. The molecule has 1 aliphatic heterocycles. The highest BCUT2D eigenvalue weighted by atomic mass is 127. The molecular weight excluding hydrogens is 367 g/mol. The predicted octanol–water partition coefficient (Wildman–Crippen LogP) is 3.69. The Morgan fingerprint density at radius 2 is 1.95 bits per heavy atom. The number of halogens is 1. The molecular formula is C15H11IN2O2. The summed E-state index contributed by atoms with van der Waals surface area (Å²) in [6, 6.07) is 13.1. The highest BCUT2D eigenvalue weighted by Crippen LogP contribution is 2.25. The number of rotatable bonds is 2. The monoisotopic (exact) mass is 378 g/mol. The van der Waals surface area contributed by atoms with Crippen molar-refractivity contribution in [3.63, 3.8) is 0 Å². The molecule has 2 heterocycles. The fourth-order valence-electron chi connectivity index (χ4n) is 1.98. The van der Waals surface area contributed by atoms with Crippen LogP contribution in [0.15, 0.2) is 57.6 Å². The van der Waals surface area contributed by atoms with E-state index >= 15 is 0 Å². The lowest BCUT2D eigenvalue weighted by atomic mass is 10.1. The van der Waals surface area contributed by atoms with Crippen LogP contribution in [0.25, 0.3) is 6.08 Å². The van der Waals surface area contributed by atoms with Gasteiger partial charge in [0.05, 0.1) is 17.0 Å². The summed E-state index contributed by atoms with van der Waals surface area (Å²) in [7, 11) is 0. The van der Waals surface area contributed by atoms with E-state index in [0.717, 1.165) is 9.45 Å². The van der Waals surface area contributed by atoms with Crippen molar-refractivity contribution in [2.75, 3.05) is 5.01 Å². The summed E-state index contributed by atoms with van der Waals surface area (Å²) in [5.41, 5.74) is 2.00. The fourth-order valence-corrected chi connectivity index (χ4v) is 2.41. The number of amides is 1. The molecule has 0 saturated carbocycles. The van der Waals surface area contributed by atoms with Crippen molar-refractivity contribution in [3.8, 4) is 0 Å². The Morgan fingerprint density at radius 3 is 2.60 bits per heavy atom. The lowest BCUT2D eigenvalue weighted by molar-refractivity contribution is -0.114. The molecule has 1 aromatic carbocycles. The Morgan fingerprint density at radius 1 is 1.20 bits per heavy atom. The molecule has 0 fully saturated rings. The number of anilines is 1. The second-order valence-electron chi connectivity index (χ2n) is 4.34. The summed E-state index contributed by atoms with van der Waals surface area (Å²) in [4.78, 5) is 12.4. The zero-order chi connectivity index (χ0) is 14.1. The first-order valence-corrected chi connectivity index (χ1v) is 7.15. The third-order valence-electron chi connectivity index (χ3n) is 2.94. The Kier molecular flexibility index (Phi) is 3.43. The number of benzene rings is 1. The van der Waals surface area contributed by atoms with Crippen LogP contribution >= 0.6 is 22.6 Å². The first-order valence-electron chi connectivity index (χ1n) is 6.07. The zero-order valence-corrected chi connectivity index (χ0v) is 12.9. The van der Waals surface area contributed by atoms with Crippen LogP contribution in [0.3, 0.4) is 0 Å². The van der Waals surface area contributed by atoms with E-state index in [4.69, 9.17) is 4.42 Å². The first kappa shape index (κ1) is 13.1. The van der Waals surface area contributed by atoms with Crippen molar-refractivity contribution in [1.82, 2.24) is 0 Å². The van der Waals surface area contributed by atoms with Gasteiger partial charge in [-0.3, -0.25) is 4.79 Å². The van der Waals surface area contributed by atoms with Crippen LogP contribution in [0.4, 0.5) is 5.69 Å². The van der Waals surface area contributed by atoms with Crippen molar-refractivity contribution >= 4 is 46.0 Å². The minimum Gasteiger partial charge on any atom is -0.451 e. The first-order chi connectivity index (χ1) is 9.65. The molecule has 1 amide bonds. The molecule has 0 aliphatic carbocycles. The zero-order valence-electron chi connectivity index (χ0n) is 10.7. The van der Waals surface area contributed by atoms with E-state index in [-0.39, 0.29) is 5.91 Å². The van der Waals surface area contributed by atoms with Gasteiger partial charge in [0.25, 0.3) is 5.91 Å². The number of furan rings is 1. The van der Waals surface area contributed by atoms with E-state index < -0.39 is 0 Å². The summed E-state index contributed by atoms with van der Waals surface area (Å²) >= 11 is 2.09. The van der Waals surface area contributed by atoms with E-state index in [0.29, 0.717) is 17.0 Å². The number of carbonyl (C=O) groups is 1. The standard InChI is InChI=1S/C15H11IN2O2/c1-10-13(9-12-7-8-14(16)20-12)15(19)18(17-10)11-5-3-2-4-6-11/h2-9H,1H3/b13-9+. The molecule has 5 heteroatoms. The number of nitrogens with zero attached hydrogens (tertiary/aromatic N) is 2. The van der Waals surface area contributed by atoms with Gasteiger partial charge in [-0.2, -0.15) is 10.1 Å². The number of hydrogen-bond acceptors (Lipinski definition) is 3. The summed E-state index contributed by atoms with van der Waals surface area (Å²) < 4.78 is 6.25. The lowest BCUT2D eigenvalue weighted by Gasteiger charge is -2.10. The smallest absolute Gasteiger partial charge is 0.280 e. The lowest BCUT2D eigenvalue weighted by Crippen LogP contribution is -2.21. The minimum absolute atomic E-state index is 0.139. The average molecular weight is 378 g/mol. The number of hydrazone groups is 1. The minimum atomic E-state index is -0.139. The third-order valence-corrected chi connectivity index (χ3v) is 3.52. The van der Waals surface area contributed by atoms with Gasteiger partial charge in [-0.05, 0) is 59.9 Å². The third kappa shape index (κ3) is 2.40. The van der Waals surface area contributed by atoms with Gasteiger partial charge in [0, 0.05) is 0 Å². The van der Waals surface area contributed by atoms with E-state index in [9.17, 15) is 4.79 Å². The molecule has 2 aromatic rings. The van der Waals surface area contributed by atoms with Crippen LogP contribution < -0.4 is 5.01 Å². The van der Waals surface area contributed by atoms with Crippen molar-refractivity contribution in [1.29, 1.82) is 0 Å². The molecule has 0 spiro atoms. The van der Waals surface area contributed by atoms with Crippen LogP contribution in [-0.4, -0.2) is 11.6 Å². The van der Waals surface area contributed by atoms with E-state index in [1.807, 2.05) is 49.4 Å². The van der Waals surface area contributed by atoms with Gasteiger partial charge >= 0.3 is 0 Å². The quantitative estimate of drug-likeness (QED) is 0.591. The van der Waals surface area contributed by atoms with Crippen molar-refractivity contribution in [2.45, 2.75) is 6.92 Å². The van der Waals surface area contributed by atoms with E-state index in [1.165, 1.54) is 5.01 Å². The van der Waals surface area contributed by atoms with Gasteiger partial charge < -0.3 is 4.42 Å². The predicted molar refractivity (Wildman–Crippen MR) is 86.4 cm³/mol. The van der Waals surface area contributed by atoms with E-state index in [1.54, 1.807) is 6.08 Å². The van der Waals surface area contributed by atoms with Crippen molar-refractivity contribution < 1.29 is 9.21 Å². The molecule has 0 saturated heterocycles. The Hall–Kier alpha value is -1.89. The van der Waals surface area contributed by atoms with Gasteiger partial charge in [0.1, 0.15) is 5.76 Å². The Balaban J connectivity index is 1.95. The molecule has 3 rings (SSSR count). The number of hydrogen-bond donors (Lipinski definition) is 0. The van der Waals surface area contributed by atoms with E-state index in [2.05, 4.69) is 27.7 Å². The highest BCUT2D eigenvalue weighted by Gasteiger charge is 2.28. The molecule has 0 bridgehead atoms. The summed E-state index contributed by atoms with van der Waals surface area (Å²) in [6.07, 6.45) is 1.73. The van der Waals surface area contributed by atoms with Crippen LogP contribution in [0, 0.1) is 3.77 Å². The Bertz CT molecular complexity index is 716. The SMILES string of the molecule is CC1=NN(c2ccccc2)C(=O)/C1=C/c1ccc(I)o1. The molecule has 1 aromatic heterocycles. The molecule has 0 atom stereocenters. The molecule has 0 N–H and O–H groups in total. The molecule has 4 nitrogen and oxygen atoms in total. The summed E-state index contributed by atoms with van der Waals surface area (Å²) in [6.45, 7) is 1.82. The molecule has 100 valence electrons. The van der Waals surface area contributed by atoms with Crippen LogP contribution in [-0.2, 0) is 4.79 Å². The van der Waals surface area contributed by atoms with Crippen LogP contribution in [0.1, 0.15) is 12.7 Å². The van der Waals surface area contributed by atoms with Gasteiger partial charge in [-0.15, -0.1) is 0 Å². The average Bonchev–Trinajstić information content (AvgIpc) is 2.98. The maximum Gasteiger partial charge on any atom is 0.280 e. The molecule has 0 unspecified atom stereocenters. The maximum absolute atomic E-state index is 12.4. The van der Waals surface area contributed by atoms with Gasteiger partial charge in [-0.25, -0.2) is 0 Å². The van der Waals surface area contributed by atoms with Crippen LogP contribution in [0.2, 0.25) is 0 Å². The summed E-state index contributed by atoms with van der Waals surface area (Å²) in [5, 5.41) is 5.72. The fraction of sp³-hybridized carbons (Fsp3) is 0.0667. The van der Waals surface area contributed by atoms with Crippen molar-refractivity contribution in [3.05, 3.63) is 57.6 Å². The largest absolute Gasteiger partial charge is 0.451 e. The normalized spacial score (nSPS) is 16.9. The van der Waals surface area contributed by atoms with Gasteiger partial charge in [-0.1, -0.05) is 18.2 Å². The second-order valence-corrected chi connectivity index (χ2v) is 5.40. The topological polar surface area (TPSA) is 45.8 Å². The highest BCUT2D eigenvalue weighted by molar-refractivity contribution is 14.1. The summed E-state index contributed by atoms with van der Waals surface area (Å²) in [5.74, 6) is 0.516. The molecule has 1 aliphatic rings. The van der Waals surface area contributed by atoms with Crippen molar-refractivity contribution in [2.24, 2.45) is 5.10 Å². The Labute approximate surface area is 129 Å². The van der Waals surface area contributed by atoms with Crippen LogP contribution in [0.5, 0.6) is 0 Å². The molecule has 20 heavy (non-hydrogen) atoms. The number of carbonyl (C=O) groups excluding carboxylic acids is 1. The number of para-hydroxylation sites is 1. The van der Waals surface area contributed by atoms with Gasteiger partial charge in [0.15, 0.2) is 3.77 Å². The maximum atomic E-state index is 12.4. The second kappa shape index (κ2) is 5.24.